The summed E-state index contributed by atoms with van der Waals surface area (Å²) in [5.41, 5.74) is 4.38. The molecular weight excluding hydrogens is 396 g/mol. The highest BCUT2D eigenvalue weighted by atomic mass is 79.9. The number of nitrogens with one attached hydrogen (secondary N) is 1. The van der Waals surface area contributed by atoms with Crippen LogP contribution in [0.1, 0.15) is 31.9 Å². The van der Waals surface area contributed by atoms with E-state index in [1.807, 2.05) is 52.1 Å². The molecule has 0 fully saturated rings. The molecule has 1 N–H and O–H groups in total. The Balaban J connectivity index is 1.80. The summed E-state index contributed by atoms with van der Waals surface area (Å²) in [6.45, 7) is 7.96. The Morgan fingerprint density at radius 3 is 2.77 bits per heavy atom. The minimum atomic E-state index is -0.507. The molecule has 0 saturated carbocycles. The number of carbonyl (C=O) groups is 1. The van der Waals surface area contributed by atoms with Crippen LogP contribution in [0.3, 0.4) is 0 Å². The maximum Gasteiger partial charge on any atom is 0.407 e. The van der Waals surface area contributed by atoms with Crippen molar-refractivity contribution in [2.75, 3.05) is 0 Å². The van der Waals surface area contributed by atoms with Crippen LogP contribution in [0.2, 0.25) is 0 Å². The molecule has 2 heterocycles. The molecule has 1 amide bonds. The first-order valence-electron chi connectivity index (χ1n) is 8.28. The number of aryl methyl sites for hydroxylation is 1. The van der Waals surface area contributed by atoms with Crippen molar-refractivity contribution in [2.45, 2.75) is 39.8 Å². The van der Waals surface area contributed by atoms with E-state index >= 15 is 0 Å². The average Bonchev–Trinajstić information content (AvgIpc) is 2.92. The van der Waals surface area contributed by atoms with Crippen molar-refractivity contribution in [3.05, 3.63) is 52.4 Å². The lowest BCUT2D eigenvalue weighted by Crippen LogP contribution is -2.32. The van der Waals surface area contributed by atoms with Gasteiger partial charge in [0.2, 0.25) is 0 Å². The van der Waals surface area contributed by atoms with Gasteiger partial charge in [0.15, 0.2) is 0 Å². The van der Waals surface area contributed by atoms with Gasteiger partial charge in [-0.05, 0) is 66.9 Å². The Hall–Kier alpha value is -2.41. The average molecular weight is 417 g/mol. The Labute approximate surface area is 160 Å². The summed E-state index contributed by atoms with van der Waals surface area (Å²) >= 11 is 3.47. The maximum absolute atomic E-state index is 11.8. The Morgan fingerprint density at radius 2 is 2.08 bits per heavy atom. The van der Waals surface area contributed by atoms with Crippen molar-refractivity contribution in [3.63, 3.8) is 0 Å². The minimum absolute atomic E-state index is 0.414. The number of amides is 1. The quantitative estimate of drug-likeness (QED) is 0.682. The molecule has 0 bridgehead atoms. The number of fused-ring (bicyclic) bond motifs is 1. The van der Waals surface area contributed by atoms with E-state index in [2.05, 4.69) is 37.4 Å². The number of carbonyl (C=O) groups excluding carboxylic acids is 1. The van der Waals surface area contributed by atoms with Crippen LogP contribution in [-0.4, -0.2) is 26.3 Å². The monoisotopic (exact) mass is 416 g/mol. The fourth-order valence-electron chi connectivity index (χ4n) is 2.64. The molecule has 7 heteroatoms. The molecule has 3 aromatic rings. The van der Waals surface area contributed by atoms with Crippen LogP contribution in [0.15, 0.2) is 41.3 Å². The van der Waals surface area contributed by atoms with Crippen LogP contribution in [0.4, 0.5) is 4.79 Å². The number of alkyl carbamates (subject to hydrolysis) is 1. The molecule has 2 aromatic heterocycles. The number of ether oxygens (including phenoxy) is 1. The zero-order chi connectivity index (χ0) is 18.9. The minimum Gasteiger partial charge on any atom is -0.444 e. The number of benzene rings is 1. The number of hydrogen-bond acceptors (Lipinski definition) is 4. The summed E-state index contributed by atoms with van der Waals surface area (Å²) in [4.78, 5) is 16.3. The van der Waals surface area contributed by atoms with E-state index in [9.17, 15) is 4.79 Å². The topological polar surface area (TPSA) is 68.5 Å². The molecule has 3 rings (SSSR count). The number of nitrogens with zero attached hydrogens (tertiary/aromatic N) is 3. The van der Waals surface area contributed by atoms with Crippen molar-refractivity contribution >= 4 is 27.5 Å². The molecule has 0 aliphatic heterocycles. The van der Waals surface area contributed by atoms with Crippen LogP contribution in [0.25, 0.3) is 16.8 Å². The molecular formula is C19H21BrN4O2. The van der Waals surface area contributed by atoms with Crippen LogP contribution in [-0.2, 0) is 11.3 Å². The summed E-state index contributed by atoms with van der Waals surface area (Å²) in [5, 5.41) is 7.01. The third kappa shape index (κ3) is 4.22. The molecule has 1 aromatic carbocycles. The Kier molecular flexibility index (Phi) is 5.00. The molecule has 0 aliphatic carbocycles. The largest absolute Gasteiger partial charge is 0.444 e. The first-order valence-corrected chi connectivity index (χ1v) is 9.08. The number of hydrogen-bond donors (Lipinski definition) is 1. The summed E-state index contributed by atoms with van der Waals surface area (Å²) in [6.07, 6.45) is 3.02. The summed E-state index contributed by atoms with van der Waals surface area (Å²) in [6, 6.07) is 8.05. The van der Waals surface area contributed by atoms with E-state index in [1.54, 1.807) is 10.8 Å². The van der Waals surface area contributed by atoms with E-state index in [4.69, 9.17) is 4.74 Å². The van der Waals surface area contributed by atoms with Crippen molar-refractivity contribution in [2.24, 2.45) is 0 Å². The lowest BCUT2D eigenvalue weighted by atomic mass is 10.0. The fraction of sp³-hybridized carbons (Fsp3) is 0.316. The van der Waals surface area contributed by atoms with Crippen molar-refractivity contribution in [1.82, 2.24) is 19.9 Å². The highest BCUT2D eigenvalue weighted by molar-refractivity contribution is 9.10. The Morgan fingerprint density at radius 1 is 1.31 bits per heavy atom. The molecule has 0 unspecified atom stereocenters. The molecule has 26 heavy (non-hydrogen) atoms. The second-order valence-electron chi connectivity index (χ2n) is 7.09. The number of aromatic nitrogens is 3. The SMILES string of the molecule is Cc1cc(-c2ncnn3cc(Br)cc23)ccc1CNC(=O)OC(C)(C)C. The first-order chi connectivity index (χ1) is 12.2. The summed E-state index contributed by atoms with van der Waals surface area (Å²) in [5.74, 6) is 0. The normalized spacial score (nSPS) is 11.6. The van der Waals surface area contributed by atoms with E-state index in [1.165, 1.54) is 0 Å². The van der Waals surface area contributed by atoms with Gasteiger partial charge >= 0.3 is 6.09 Å². The van der Waals surface area contributed by atoms with Gasteiger partial charge in [-0.3, -0.25) is 0 Å². The lowest BCUT2D eigenvalue weighted by molar-refractivity contribution is 0.0523. The summed E-state index contributed by atoms with van der Waals surface area (Å²) < 4.78 is 8.01. The van der Waals surface area contributed by atoms with Gasteiger partial charge in [0.1, 0.15) is 11.9 Å². The van der Waals surface area contributed by atoms with Gasteiger partial charge in [0, 0.05) is 22.8 Å². The molecule has 0 saturated heterocycles. The van der Waals surface area contributed by atoms with Crippen LogP contribution >= 0.6 is 15.9 Å². The van der Waals surface area contributed by atoms with Gasteiger partial charge in [-0.1, -0.05) is 12.1 Å². The van der Waals surface area contributed by atoms with E-state index < -0.39 is 11.7 Å². The van der Waals surface area contributed by atoms with Gasteiger partial charge in [-0.2, -0.15) is 5.10 Å². The van der Waals surface area contributed by atoms with E-state index in [0.29, 0.717) is 6.54 Å². The van der Waals surface area contributed by atoms with Crippen molar-refractivity contribution in [1.29, 1.82) is 0 Å². The van der Waals surface area contributed by atoms with Crippen LogP contribution < -0.4 is 5.32 Å². The zero-order valence-corrected chi connectivity index (χ0v) is 16.8. The molecule has 0 atom stereocenters. The third-order valence-corrected chi connectivity index (χ3v) is 4.24. The molecule has 136 valence electrons. The van der Waals surface area contributed by atoms with E-state index in [-0.39, 0.29) is 0 Å². The van der Waals surface area contributed by atoms with Crippen molar-refractivity contribution in [3.8, 4) is 11.3 Å². The standard InChI is InChI=1S/C19H21BrN4O2/c1-12-7-13(17-16-8-15(20)10-24(16)23-11-22-17)5-6-14(12)9-21-18(25)26-19(2,3)4/h5-8,10-11H,9H2,1-4H3,(H,21,25). The molecule has 0 radical (unpaired) electrons. The fourth-order valence-corrected chi connectivity index (χ4v) is 3.05. The van der Waals surface area contributed by atoms with Gasteiger partial charge in [-0.25, -0.2) is 14.3 Å². The highest BCUT2D eigenvalue weighted by Crippen LogP contribution is 2.26. The smallest absolute Gasteiger partial charge is 0.407 e. The predicted octanol–water partition coefficient (Wildman–Crippen LogP) is 4.49. The molecule has 6 nitrogen and oxygen atoms in total. The molecule has 0 aliphatic rings. The van der Waals surface area contributed by atoms with Gasteiger partial charge in [0.25, 0.3) is 0 Å². The van der Waals surface area contributed by atoms with Gasteiger partial charge < -0.3 is 10.1 Å². The van der Waals surface area contributed by atoms with Gasteiger partial charge in [-0.15, -0.1) is 0 Å². The second-order valence-corrected chi connectivity index (χ2v) is 8.01. The maximum atomic E-state index is 11.8. The third-order valence-electron chi connectivity index (χ3n) is 3.81. The van der Waals surface area contributed by atoms with E-state index in [0.717, 1.165) is 32.4 Å². The van der Waals surface area contributed by atoms with Crippen LogP contribution in [0, 0.1) is 6.92 Å². The summed E-state index contributed by atoms with van der Waals surface area (Å²) in [7, 11) is 0. The highest BCUT2D eigenvalue weighted by Gasteiger charge is 2.16. The van der Waals surface area contributed by atoms with Crippen LogP contribution in [0.5, 0.6) is 0 Å². The zero-order valence-electron chi connectivity index (χ0n) is 15.2. The number of halogens is 1. The molecule has 0 spiro atoms. The Bertz CT molecular complexity index is 960. The lowest BCUT2D eigenvalue weighted by Gasteiger charge is -2.20. The number of rotatable bonds is 3. The second kappa shape index (κ2) is 7.07. The first kappa shape index (κ1) is 18.4. The predicted molar refractivity (Wildman–Crippen MR) is 104 cm³/mol. The van der Waals surface area contributed by atoms with Crippen molar-refractivity contribution < 1.29 is 9.53 Å². The van der Waals surface area contributed by atoms with Gasteiger partial charge in [0.05, 0.1) is 11.2 Å².